The first kappa shape index (κ1) is 15.6. The lowest BCUT2D eigenvalue weighted by atomic mass is 9.87. The molecule has 1 nitrogen and oxygen atoms in total. The van der Waals surface area contributed by atoms with Gasteiger partial charge in [0.15, 0.2) is 0 Å². The third-order valence-electron chi connectivity index (χ3n) is 4.77. The van der Waals surface area contributed by atoms with Crippen LogP contribution in [-0.4, -0.2) is 13.1 Å². The molecule has 1 aliphatic rings. The van der Waals surface area contributed by atoms with Crippen molar-refractivity contribution >= 4 is 0 Å². The Bertz CT molecular complexity index is 379. The summed E-state index contributed by atoms with van der Waals surface area (Å²) in [5, 5.41) is 3.65. The second-order valence-corrected chi connectivity index (χ2v) is 6.59. The maximum Gasteiger partial charge on any atom is -0.00172 e. The van der Waals surface area contributed by atoms with Crippen molar-refractivity contribution in [1.29, 1.82) is 0 Å². The van der Waals surface area contributed by atoms with Crippen molar-refractivity contribution in [3.05, 3.63) is 35.4 Å². The van der Waals surface area contributed by atoms with Crippen molar-refractivity contribution < 1.29 is 0 Å². The number of hydrogen-bond acceptors (Lipinski definition) is 1. The zero-order valence-corrected chi connectivity index (χ0v) is 13.3. The van der Waals surface area contributed by atoms with Gasteiger partial charge in [0.25, 0.3) is 0 Å². The van der Waals surface area contributed by atoms with E-state index in [0.717, 1.165) is 18.4 Å². The van der Waals surface area contributed by atoms with Gasteiger partial charge in [-0.15, -0.1) is 0 Å². The fraction of sp³-hybridized carbons (Fsp3) is 0.684. The van der Waals surface area contributed by atoms with E-state index in [0.29, 0.717) is 0 Å². The fourth-order valence-electron chi connectivity index (χ4n) is 3.59. The molecule has 112 valence electrons. The lowest BCUT2D eigenvalue weighted by Gasteiger charge is -2.22. The summed E-state index contributed by atoms with van der Waals surface area (Å²) in [6.07, 6.45) is 9.77. The molecule has 2 rings (SSSR count). The molecule has 0 bridgehead atoms. The minimum atomic E-state index is 0.811. The molecule has 1 aromatic rings. The zero-order chi connectivity index (χ0) is 14.2. The smallest absolute Gasteiger partial charge is 0.00172 e. The second-order valence-electron chi connectivity index (χ2n) is 6.59. The minimum absolute atomic E-state index is 0.811. The molecule has 1 aliphatic carbocycles. The van der Waals surface area contributed by atoms with E-state index < -0.39 is 0 Å². The maximum absolute atomic E-state index is 3.65. The van der Waals surface area contributed by atoms with Gasteiger partial charge in [0.1, 0.15) is 0 Å². The Hall–Kier alpha value is -0.820. The topological polar surface area (TPSA) is 12.0 Å². The predicted octanol–water partition coefficient (Wildman–Crippen LogP) is 4.73. The van der Waals surface area contributed by atoms with Gasteiger partial charge in [-0.1, -0.05) is 56.9 Å². The Morgan fingerprint density at radius 3 is 2.65 bits per heavy atom. The van der Waals surface area contributed by atoms with Gasteiger partial charge < -0.3 is 5.32 Å². The molecule has 1 aromatic carbocycles. The van der Waals surface area contributed by atoms with Gasteiger partial charge in [-0.3, -0.25) is 0 Å². The molecule has 0 spiro atoms. The van der Waals surface area contributed by atoms with Crippen LogP contribution in [0.15, 0.2) is 24.3 Å². The van der Waals surface area contributed by atoms with E-state index in [1.807, 2.05) is 0 Å². The van der Waals surface area contributed by atoms with Gasteiger partial charge in [0, 0.05) is 0 Å². The standard InChI is InChI=1S/C19H31N/c1-3-12-20-15-18(13-17-9-5-6-10-17)14-19-11-7-4-8-16(19)2/h4,7-8,11,17-18,20H,3,5-6,9-10,12-15H2,1-2H3. The number of rotatable bonds is 8. The summed E-state index contributed by atoms with van der Waals surface area (Å²) in [7, 11) is 0. The van der Waals surface area contributed by atoms with Crippen LogP contribution in [0.3, 0.4) is 0 Å². The van der Waals surface area contributed by atoms with Crippen LogP contribution in [0.5, 0.6) is 0 Å². The van der Waals surface area contributed by atoms with Gasteiger partial charge in [0.2, 0.25) is 0 Å². The fourth-order valence-corrected chi connectivity index (χ4v) is 3.59. The molecule has 0 heterocycles. The van der Waals surface area contributed by atoms with Crippen LogP contribution in [0.2, 0.25) is 0 Å². The normalized spacial score (nSPS) is 17.5. The van der Waals surface area contributed by atoms with E-state index in [4.69, 9.17) is 0 Å². The maximum atomic E-state index is 3.65. The van der Waals surface area contributed by atoms with Gasteiger partial charge >= 0.3 is 0 Å². The molecule has 1 atom stereocenters. The first-order chi connectivity index (χ1) is 9.79. The van der Waals surface area contributed by atoms with Gasteiger partial charge in [-0.2, -0.15) is 0 Å². The van der Waals surface area contributed by atoms with Gasteiger partial charge in [-0.25, -0.2) is 0 Å². The Balaban J connectivity index is 1.92. The highest BCUT2D eigenvalue weighted by atomic mass is 14.8. The van der Waals surface area contributed by atoms with Crippen molar-refractivity contribution in [1.82, 2.24) is 5.32 Å². The highest BCUT2D eigenvalue weighted by molar-refractivity contribution is 5.26. The molecule has 0 radical (unpaired) electrons. The van der Waals surface area contributed by atoms with Crippen LogP contribution >= 0.6 is 0 Å². The molecule has 1 heteroatoms. The quantitative estimate of drug-likeness (QED) is 0.675. The largest absolute Gasteiger partial charge is 0.316 e. The number of benzene rings is 1. The summed E-state index contributed by atoms with van der Waals surface area (Å²) in [6, 6.07) is 8.91. The van der Waals surface area contributed by atoms with E-state index in [1.54, 1.807) is 5.56 Å². The van der Waals surface area contributed by atoms with E-state index in [9.17, 15) is 0 Å². The molecule has 0 aromatic heterocycles. The van der Waals surface area contributed by atoms with Crippen molar-refractivity contribution in [3.8, 4) is 0 Å². The molecule has 0 saturated heterocycles. The summed E-state index contributed by atoms with van der Waals surface area (Å²) >= 11 is 0. The first-order valence-corrected chi connectivity index (χ1v) is 8.54. The molecule has 20 heavy (non-hydrogen) atoms. The van der Waals surface area contributed by atoms with Crippen LogP contribution in [-0.2, 0) is 6.42 Å². The number of hydrogen-bond donors (Lipinski definition) is 1. The van der Waals surface area contributed by atoms with Crippen LogP contribution in [0.1, 0.15) is 56.6 Å². The molecule has 0 amide bonds. The van der Waals surface area contributed by atoms with E-state index in [1.165, 1.54) is 57.1 Å². The Morgan fingerprint density at radius 2 is 1.95 bits per heavy atom. The third-order valence-corrected chi connectivity index (χ3v) is 4.77. The van der Waals surface area contributed by atoms with Crippen molar-refractivity contribution in [2.24, 2.45) is 11.8 Å². The average molecular weight is 273 g/mol. The lowest BCUT2D eigenvalue weighted by Crippen LogP contribution is -2.26. The second kappa shape index (κ2) is 8.46. The lowest BCUT2D eigenvalue weighted by molar-refractivity contribution is 0.357. The molecular weight excluding hydrogens is 242 g/mol. The molecule has 1 unspecified atom stereocenters. The summed E-state index contributed by atoms with van der Waals surface area (Å²) in [5.74, 6) is 1.80. The molecule has 0 aliphatic heterocycles. The van der Waals surface area contributed by atoms with Crippen LogP contribution in [0.4, 0.5) is 0 Å². The molecular formula is C19H31N. The van der Waals surface area contributed by atoms with Crippen molar-refractivity contribution in [3.63, 3.8) is 0 Å². The average Bonchev–Trinajstić information content (AvgIpc) is 2.94. The third kappa shape index (κ3) is 4.94. The van der Waals surface area contributed by atoms with Gasteiger partial charge in [0.05, 0.1) is 0 Å². The predicted molar refractivity (Wildman–Crippen MR) is 88.1 cm³/mol. The van der Waals surface area contributed by atoms with Crippen molar-refractivity contribution in [2.75, 3.05) is 13.1 Å². The monoisotopic (exact) mass is 273 g/mol. The molecule has 1 fully saturated rings. The zero-order valence-electron chi connectivity index (χ0n) is 13.3. The minimum Gasteiger partial charge on any atom is -0.316 e. The Kier molecular flexibility index (Phi) is 6.59. The summed E-state index contributed by atoms with van der Waals surface area (Å²) in [5.41, 5.74) is 3.01. The van der Waals surface area contributed by atoms with E-state index in [2.05, 4.69) is 43.4 Å². The summed E-state index contributed by atoms with van der Waals surface area (Å²) < 4.78 is 0. The van der Waals surface area contributed by atoms with Crippen LogP contribution in [0, 0.1) is 18.8 Å². The molecule has 1 N–H and O–H groups in total. The van der Waals surface area contributed by atoms with E-state index in [-0.39, 0.29) is 0 Å². The van der Waals surface area contributed by atoms with Crippen LogP contribution in [0.25, 0.3) is 0 Å². The highest BCUT2D eigenvalue weighted by Gasteiger charge is 2.20. The van der Waals surface area contributed by atoms with E-state index >= 15 is 0 Å². The van der Waals surface area contributed by atoms with Crippen molar-refractivity contribution in [2.45, 2.75) is 58.8 Å². The Morgan fingerprint density at radius 1 is 1.20 bits per heavy atom. The molecule has 1 saturated carbocycles. The van der Waals surface area contributed by atoms with Crippen LogP contribution < -0.4 is 5.32 Å². The SMILES string of the molecule is CCCNCC(Cc1ccccc1C)CC1CCCC1. The number of nitrogens with one attached hydrogen (secondary N) is 1. The highest BCUT2D eigenvalue weighted by Crippen LogP contribution is 2.31. The van der Waals surface area contributed by atoms with Gasteiger partial charge in [-0.05, 0) is 62.2 Å². The Labute approximate surface area is 125 Å². The summed E-state index contributed by atoms with van der Waals surface area (Å²) in [4.78, 5) is 0. The first-order valence-electron chi connectivity index (χ1n) is 8.54. The summed E-state index contributed by atoms with van der Waals surface area (Å²) in [6.45, 7) is 6.86. The number of aryl methyl sites for hydroxylation is 1.